The second-order valence-electron chi connectivity index (χ2n) is 17.5. The number of nitrogens with zero attached hydrogens (tertiary/aromatic N) is 4. The SMILES string of the molecule is C[C@H]1C(=O)C[C@@H](CO)C(=O)N[C@@]2(Cc3ccc(Cl)cc3)CCCN(C2)C(=O)[C@H](CC(F)(F)F)CC(=O)N1Cc1c(F)cc(Cl)cc1Oc1ccc(-c2cnc(CNC3CCC3)n2C)cc1. The van der Waals surface area contributed by atoms with Gasteiger partial charge in [0.25, 0.3) is 0 Å². The first-order valence-electron chi connectivity index (χ1n) is 21.8. The van der Waals surface area contributed by atoms with Gasteiger partial charge in [-0.05, 0) is 93.1 Å². The van der Waals surface area contributed by atoms with Crippen LogP contribution in [0.1, 0.15) is 75.2 Å². The van der Waals surface area contributed by atoms with E-state index in [1.54, 1.807) is 54.7 Å². The van der Waals surface area contributed by atoms with Gasteiger partial charge in [0.15, 0.2) is 5.78 Å². The zero-order chi connectivity index (χ0) is 46.6. The fourth-order valence-corrected chi connectivity index (χ4v) is 9.21. The predicted molar refractivity (Wildman–Crippen MR) is 235 cm³/mol. The highest BCUT2D eigenvalue weighted by Crippen LogP contribution is 2.36. The molecule has 4 aromatic rings. The molecule has 0 unspecified atom stereocenters. The van der Waals surface area contributed by atoms with Gasteiger partial charge in [0.1, 0.15) is 23.1 Å². The average molecular weight is 944 g/mol. The van der Waals surface area contributed by atoms with E-state index in [1.165, 1.54) is 24.3 Å². The Morgan fingerprint density at radius 2 is 1.69 bits per heavy atom. The highest BCUT2D eigenvalue weighted by Gasteiger charge is 2.45. The lowest BCUT2D eigenvalue weighted by Crippen LogP contribution is -2.63. The fraction of sp³-hybridized carbons (Fsp3) is 0.468. The number of ether oxygens (including phenoxy) is 1. The number of alkyl halides is 3. The van der Waals surface area contributed by atoms with E-state index in [-0.39, 0.29) is 41.6 Å². The molecule has 3 N–H and O–H groups in total. The zero-order valence-electron chi connectivity index (χ0n) is 36.1. The van der Waals surface area contributed by atoms with Gasteiger partial charge in [0, 0.05) is 60.2 Å². The summed E-state index contributed by atoms with van der Waals surface area (Å²) < 4.78 is 67.1. The molecule has 1 aromatic heterocycles. The molecule has 0 radical (unpaired) electrons. The quantitative estimate of drug-likeness (QED) is 0.122. The molecule has 2 bridgehead atoms. The highest BCUT2D eigenvalue weighted by atomic mass is 35.5. The molecule has 3 aromatic carbocycles. The van der Waals surface area contributed by atoms with Crippen molar-refractivity contribution in [2.45, 2.75) is 102 Å². The number of aliphatic hydroxyl groups excluding tert-OH is 1. The van der Waals surface area contributed by atoms with Crippen LogP contribution in [-0.4, -0.2) is 91.5 Å². The Hall–Kier alpha value is -5.03. The smallest absolute Gasteiger partial charge is 0.389 e. The van der Waals surface area contributed by atoms with Crippen molar-refractivity contribution in [3.05, 3.63) is 99.7 Å². The van der Waals surface area contributed by atoms with Crippen LogP contribution in [0.5, 0.6) is 11.5 Å². The summed E-state index contributed by atoms with van der Waals surface area (Å²) in [6, 6.07) is 14.9. The number of imidazole rings is 1. The number of aliphatic hydroxyl groups is 1. The van der Waals surface area contributed by atoms with E-state index in [4.69, 9.17) is 27.9 Å². The molecule has 2 saturated heterocycles. The first kappa shape index (κ1) is 47.9. The van der Waals surface area contributed by atoms with Crippen LogP contribution in [0.4, 0.5) is 17.6 Å². The Morgan fingerprint density at radius 3 is 2.35 bits per heavy atom. The normalized spacial score (nSPS) is 22.7. The summed E-state index contributed by atoms with van der Waals surface area (Å²) in [5.74, 6) is -6.62. The van der Waals surface area contributed by atoms with Gasteiger partial charge in [-0.1, -0.05) is 41.8 Å². The van der Waals surface area contributed by atoms with E-state index in [0.717, 1.165) is 40.9 Å². The second kappa shape index (κ2) is 20.2. The van der Waals surface area contributed by atoms with Crippen molar-refractivity contribution in [2.75, 3.05) is 19.7 Å². The summed E-state index contributed by atoms with van der Waals surface area (Å²) in [5, 5.41) is 17.3. The molecule has 3 fully saturated rings. The number of carbonyl (C=O) groups is 4. The van der Waals surface area contributed by atoms with Crippen LogP contribution in [0.3, 0.4) is 0 Å². The minimum Gasteiger partial charge on any atom is -0.457 e. The number of Topliss-reactive ketones (excluding diaryl/α,β-unsaturated/α-hetero) is 1. The molecule has 3 amide bonds. The summed E-state index contributed by atoms with van der Waals surface area (Å²) in [6.07, 6.45) is -2.01. The lowest BCUT2D eigenvalue weighted by atomic mass is 9.81. The maximum Gasteiger partial charge on any atom is 0.389 e. The topological polar surface area (TPSA) is 146 Å². The molecule has 18 heteroatoms. The monoisotopic (exact) mass is 942 g/mol. The zero-order valence-corrected chi connectivity index (χ0v) is 37.6. The van der Waals surface area contributed by atoms with Gasteiger partial charge >= 0.3 is 6.18 Å². The van der Waals surface area contributed by atoms with E-state index >= 15 is 4.39 Å². The molecule has 1 aliphatic carbocycles. The van der Waals surface area contributed by atoms with E-state index in [9.17, 15) is 37.5 Å². The van der Waals surface area contributed by atoms with Gasteiger partial charge < -0.3 is 34.8 Å². The van der Waals surface area contributed by atoms with Crippen molar-refractivity contribution < 1.29 is 46.6 Å². The van der Waals surface area contributed by atoms with Gasteiger partial charge in [-0.2, -0.15) is 13.2 Å². The number of rotatable bonds is 12. The molecule has 7 rings (SSSR count). The molecule has 3 heterocycles. The Bertz CT molecular complexity index is 2380. The average Bonchev–Trinajstić information content (AvgIpc) is 3.60. The van der Waals surface area contributed by atoms with Crippen LogP contribution in [0.2, 0.25) is 10.0 Å². The maximum atomic E-state index is 16.1. The summed E-state index contributed by atoms with van der Waals surface area (Å²) in [7, 11) is 1.92. The third kappa shape index (κ3) is 11.7. The molecule has 0 spiro atoms. The minimum atomic E-state index is -4.87. The molecule has 1 saturated carbocycles. The standard InChI is InChI=1S/C47H52Cl2F4N6O6/c1-28-40(61)17-32(26-60)44(63)56-46(21-29-7-11-33(48)12-8-29)15-4-16-58(27-46)45(64)31(22-47(51,52)53)18-43(62)59(28)25-37-38(50)19-34(49)20-41(37)65-36-13-9-30(10-14-36)39-23-55-42(57(39)2)24-54-35-5-3-6-35/h7-14,19-20,23,28,31-32,35,54,60H,3-6,15-18,21-22,24-27H2,1-2H3,(H,56,63)/t28-,31-,32-,46+/m0/s1. The third-order valence-electron chi connectivity index (χ3n) is 12.8. The van der Waals surface area contributed by atoms with Crippen LogP contribution in [-0.2, 0) is 45.7 Å². The number of piperidine rings is 1. The number of carbonyl (C=O) groups excluding carboxylic acids is 4. The van der Waals surface area contributed by atoms with E-state index in [0.29, 0.717) is 36.0 Å². The predicted octanol–water partition coefficient (Wildman–Crippen LogP) is 7.94. The number of hydrogen-bond acceptors (Lipinski definition) is 8. The van der Waals surface area contributed by atoms with Crippen molar-refractivity contribution in [3.63, 3.8) is 0 Å². The van der Waals surface area contributed by atoms with Crippen LogP contribution in [0, 0.1) is 17.7 Å². The van der Waals surface area contributed by atoms with Crippen LogP contribution in [0.15, 0.2) is 66.9 Å². The van der Waals surface area contributed by atoms with Gasteiger partial charge in [0.05, 0.1) is 61.4 Å². The number of fused-ring (bicyclic) bond motifs is 2. The van der Waals surface area contributed by atoms with Gasteiger partial charge in [-0.15, -0.1) is 0 Å². The Morgan fingerprint density at radius 1 is 0.969 bits per heavy atom. The van der Waals surface area contributed by atoms with Gasteiger partial charge in [-0.3, -0.25) is 19.2 Å². The Kier molecular flexibility index (Phi) is 14.9. The van der Waals surface area contributed by atoms with Crippen LogP contribution in [0.25, 0.3) is 11.3 Å². The maximum absolute atomic E-state index is 16.1. The minimum absolute atomic E-state index is 0.0558. The largest absolute Gasteiger partial charge is 0.457 e. The van der Waals surface area contributed by atoms with Crippen molar-refractivity contribution >= 4 is 46.7 Å². The molecule has 2 aliphatic heterocycles. The van der Waals surface area contributed by atoms with Crippen molar-refractivity contribution in [1.29, 1.82) is 0 Å². The summed E-state index contributed by atoms with van der Waals surface area (Å²) >= 11 is 12.4. The first-order chi connectivity index (χ1) is 30.9. The van der Waals surface area contributed by atoms with Crippen LogP contribution < -0.4 is 15.4 Å². The molecule has 65 heavy (non-hydrogen) atoms. The van der Waals surface area contributed by atoms with E-state index in [2.05, 4.69) is 15.6 Å². The fourth-order valence-electron chi connectivity index (χ4n) is 8.89. The van der Waals surface area contributed by atoms with E-state index < -0.39 is 91.3 Å². The number of ketones is 1. The number of amides is 3. The summed E-state index contributed by atoms with van der Waals surface area (Å²) in [6.45, 7) is 0.337. The summed E-state index contributed by atoms with van der Waals surface area (Å²) in [5.41, 5.74) is 0.935. The Balaban J connectivity index is 1.18. The number of nitrogens with one attached hydrogen (secondary N) is 2. The highest BCUT2D eigenvalue weighted by molar-refractivity contribution is 6.31. The molecule has 348 valence electrons. The molecular weight excluding hydrogens is 891 g/mol. The molecule has 4 atom stereocenters. The lowest BCUT2D eigenvalue weighted by molar-refractivity contribution is -0.164. The number of halogens is 6. The number of hydrogen-bond donors (Lipinski definition) is 3. The van der Waals surface area contributed by atoms with Gasteiger partial charge in [-0.25, -0.2) is 9.37 Å². The summed E-state index contributed by atoms with van der Waals surface area (Å²) in [4.78, 5) is 63.5. The second-order valence-corrected chi connectivity index (χ2v) is 18.4. The molecule has 12 nitrogen and oxygen atoms in total. The Labute approximate surface area is 384 Å². The van der Waals surface area contributed by atoms with Crippen molar-refractivity contribution in [1.82, 2.24) is 30.0 Å². The first-order valence-corrected chi connectivity index (χ1v) is 22.5. The van der Waals surface area contributed by atoms with Crippen molar-refractivity contribution in [2.24, 2.45) is 18.9 Å². The molecular formula is C47H52Cl2F4N6O6. The third-order valence-corrected chi connectivity index (χ3v) is 13.3. The van der Waals surface area contributed by atoms with E-state index in [1.807, 2.05) is 11.6 Å². The van der Waals surface area contributed by atoms with Crippen LogP contribution >= 0.6 is 23.2 Å². The van der Waals surface area contributed by atoms with Crippen molar-refractivity contribution in [3.8, 4) is 22.8 Å². The molecule has 3 aliphatic rings. The van der Waals surface area contributed by atoms with Gasteiger partial charge in [0.2, 0.25) is 17.7 Å². The lowest BCUT2D eigenvalue weighted by Gasteiger charge is -2.45. The number of aromatic nitrogens is 2. The number of benzene rings is 3.